The Balaban J connectivity index is 1.41. The molecule has 1 saturated heterocycles. The summed E-state index contributed by atoms with van der Waals surface area (Å²) in [4.78, 5) is 4.81. The van der Waals surface area contributed by atoms with E-state index in [-0.39, 0.29) is 5.41 Å². The van der Waals surface area contributed by atoms with Crippen LogP contribution in [0.4, 0.5) is 0 Å². The van der Waals surface area contributed by atoms with E-state index in [0.29, 0.717) is 41.6 Å². The summed E-state index contributed by atoms with van der Waals surface area (Å²) in [7, 11) is -1.22. The average Bonchev–Trinajstić information content (AvgIpc) is 3.30. The molecular formula is C32H36Cl2N4O2Si. The molecule has 0 amide bonds. The number of halogens is 2. The molecule has 4 aromatic rings. The molecule has 0 saturated carbocycles. The van der Waals surface area contributed by atoms with Crippen molar-refractivity contribution in [1.82, 2.24) is 14.9 Å². The van der Waals surface area contributed by atoms with Crippen molar-refractivity contribution in [3.8, 4) is 23.2 Å². The first-order valence-corrected chi connectivity index (χ1v) is 18.5. The van der Waals surface area contributed by atoms with E-state index in [9.17, 15) is 5.26 Å². The first-order valence-electron chi connectivity index (χ1n) is 14.1. The molecule has 6 nitrogen and oxygen atoms in total. The molecule has 1 aliphatic rings. The van der Waals surface area contributed by atoms with Crippen LogP contribution in [0.25, 0.3) is 22.2 Å². The smallest absolute Gasteiger partial charge is 0.299 e. The van der Waals surface area contributed by atoms with Crippen LogP contribution in [0.1, 0.15) is 24.0 Å². The van der Waals surface area contributed by atoms with Crippen molar-refractivity contribution in [2.24, 2.45) is 0 Å². The van der Waals surface area contributed by atoms with Gasteiger partial charge in [-0.15, -0.1) is 0 Å². The van der Waals surface area contributed by atoms with Gasteiger partial charge in [0.2, 0.25) is 0 Å². The number of nitrogens with zero attached hydrogens (tertiary/aromatic N) is 3. The molecule has 9 heteroatoms. The van der Waals surface area contributed by atoms with Crippen LogP contribution in [0.2, 0.25) is 35.7 Å². The van der Waals surface area contributed by atoms with Gasteiger partial charge in [0.05, 0.1) is 32.7 Å². The average molecular weight is 608 g/mol. The van der Waals surface area contributed by atoms with Crippen molar-refractivity contribution in [1.29, 1.82) is 5.26 Å². The number of rotatable bonds is 10. The predicted molar refractivity (Wildman–Crippen MR) is 170 cm³/mol. The van der Waals surface area contributed by atoms with Crippen LogP contribution in [-0.4, -0.2) is 43.9 Å². The molecule has 1 aromatic heterocycles. The largest absolute Gasteiger partial charge is 0.464 e. The Hall–Kier alpha value is -2.86. The standard InChI is InChI=1S/C32H36Cl2N4O2Si/c1-41(2,3)16-15-39-22-38-30-19-28(34)27(33)18-29(30)37-31(38)40-21-32(11-13-36-14-12-32)26-9-7-24(8-10-26)25-6-4-5-23(17-25)20-35/h4-10,17-19,36H,11-16,21-22H2,1-3H3. The molecule has 0 unspecified atom stereocenters. The Kier molecular flexibility index (Phi) is 9.08. The number of aromatic nitrogens is 2. The van der Waals surface area contributed by atoms with Crippen molar-refractivity contribution >= 4 is 42.3 Å². The van der Waals surface area contributed by atoms with Gasteiger partial charge in [0.15, 0.2) is 0 Å². The topological polar surface area (TPSA) is 72.1 Å². The first-order chi connectivity index (χ1) is 19.7. The molecule has 2 heterocycles. The Morgan fingerprint density at radius 1 is 1.00 bits per heavy atom. The SMILES string of the molecule is C[Si](C)(C)CCOCn1c(OCC2(c3ccc(-c4cccc(C#N)c4)cc3)CCNCC2)nc2cc(Cl)c(Cl)cc21. The molecule has 1 aliphatic heterocycles. The fraction of sp³-hybridized carbons (Fsp3) is 0.375. The molecule has 3 aromatic carbocycles. The summed E-state index contributed by atoms with van der Waals surface area (Å²) in [6, 6.07) is 23.8. The highest BCUT2D eigenvalue weighted by Gasteiger charge is 2.35. The lowest BCUT2D eigenvalue weighted by Crippen LogP contribution is -2.44. The van der Waals surface area contributed by atoms with Gasteiger partial charge in [-0.05, 0) is 72.9 Å². The third-order valence-electron chi connectivity index (χ3n) is 7.83. The van der Waals surface area contributed by atoms with Crippen LogP contribution >= 0.6 is 23.2 Å². The summed E-state index contributed by atoms with van der Waals surface area (Å²) in [5.74, 6) is 0. The fourth-order valence-corrected chi connectivity index (χ4v) is 6.35. The maximum atomic E-state index is 9.30. The lowest BCUT2D eigenvalue weighted by Gasteiger charge is -2.37. The van der Waals surface area contributed by atoms with E-state index in [1.807, 2.05) is 34.9 Å². The van der Waals surface area contributed by atoms with E-state index in [2.05, 4.69) is 55.3 Å². The summed E-state index contributed by atoms with van der Waals surface area (Å²) >= 11 is 12.7. The van der Waals surface area contributed by atoms with Gasteiger partial charge in [0, 0.05) is 20.1 Å². The summed E-state index contributed by atoms with van der Waals surface area (Å²) in [6.45, 7) is 10.4. The minimum absolute atomic E-state index is 0.171. The molecule has 0 spiro atoms. The maximum absolute atomic E-state index is 9.30. The number of imidazole rings is 1. The van der Waals surface area contributed by atoms with Gasteiger partial charge in [-0.1, -0.05) is 79.2 Å². The normalized spacial score (nSPS) is 15.1. The Morgan fingerprint density at radius 2 is 1.73 bits per heavy atom. The Bertz CT molecular complexity index is 1550. The van der Waals surface area contributed by atoms with Crippen LogP contribution in [0.15, 0.2) is 60.7 Å². The van der Waals surface area contributed by atoms with Crippen LogP contribution in [0, 0.1) is 11.3 Å². The molecule has 5 rings (SSSR count). The number of fused-ring (bicyclic) bond motifs is 1. The summed E-state index contributed by atoms with van der Waals surface area (Å²) in [5, 5.41) is 13.7. The van der Waals surface area contributed by atoms with Crippen molar-refractivity contribution in [3.63, 3.8) is 0 Å². The van der Waals surface area contributed by atoms with Gasteiger partial charge in [-0.25, -0.2) is 0 Å². The first kappa shape index (κ1) is 29.6. The zero-order chi connectivity index (χ0) is 29.0. The number of hydrogen-bond donors (Lipinski definition) is 1. The van der Waals surface area contributed by atoms with Gasteiger partial charge in [-0.3, -0.25) is 4.57 Å². The van der Waals surface area contributed by atoms with E-state index in [1.54, 1.807) is 6.07 Å². The number of nitrogens with one attached hydrogen (secondary N) is 1. The molecular weight excluding hydrogens is 571 g/mol. The minimum Gasteiger partial charge on any atom is -0.464 e. The number of nitriles is 1. The van der Waals surface area contributed by atoms with Crippen LogP contribution in [0.5, 0.6) is 6.01 Å². The fourth-order valence-electron chi connectivity index (χ4n) is 5.28. The summed E-state index contributed by atoms with van der Waals surface area (Å²) in [6.07, 6.45) is 1.89. The highest BCUT2D eigenvalue weighted by atomic mass is 35.5. The lowest BCUT2D eigenvalue weighted by molar-refractivity contribution is 0.0767. The molecule has 1 N–H and O–H groups in total. The third-order valence-corrected chi connectivity index (χ3v) is 10.3. The van der Waals surface area contributed by atoms with Crippen molar-refractivity contribution < 1.29 is 9.47 Å². The number of hydrogen-bond acceptors (Lipinski definition) is 5. The highest BCUT2D eigenvalue weighted by Crippen LogP contribution is 2.37. The molecule has 214 valence electrons. The maximum Gasteiger partial charge on any atom is 0.299 e. The van der Waals surface area contributed by atoms with Gasteiger partial charge in [0.25, 0.3) is 6.01 Å². The van der Waals surface area contributed by atoms with E-state index in [4.69, 9.17) is 37.7 Å². The Morgan fingerprint density at radius 3 is 2.44 bits per heavy atom. The van der Waals surface area contributed by atoms with E-state index in [0.717, 1.165) is 54.1 Å². The minimum atomic E-state index is -1.22. The zero-order valence-corrected chi connectivity index (χ0v) is 26.4. The molecule has 0 bridgehead atoms. The molecule has 41 heavy (non-hydrogen) atoms. The monoisotopic (exact) mass is 606 g/mol. The van der Waals surface area contributed by atoms with Gasteiger partial charge >= 0.3 is 0 Å². The molecule has 0 atom stereocenters. The number of benzene rings is 3. The predicted octanol–water partition coefficient (Wildman–Crippen LogP) is 7.89. The van der Waals surface area contributed by atoms with Crippen molar-refractivity contribution in [2.45, 2.75) is 50.7 Å². The second-order valence-corrected chi connectivity index (χ2v) is 18.5. The second kappa shape index (κ2) is 12.6. The number of ether oxygens (including phenoxy) is 2. The second-order valence-electron chi connectivity index (χ2n) is 12.0. The summed E-state index contributed by atoms with van der Waals surface area (Å²) < 4.78 is 14.7. The lowest BCUT2D eigenvalue weighted by atomic mass is 9.73. The van der Waals surface area contributed by atoms with Gasteiger partial charge < -0.3 is 14.8 Å². The molecule has 0 aliphatic carbocycles. The number of piperidine rings is 1. The van der Waals surface area contributed by atoms with Crippen molar-refractivity contribution in [2.75, 3.05) is 26.3 Å². The van der Waals surface area contributed by atoms with Crippen LogP contribution in [-0.2, 0) is 16.9 Å². The zero-order valence-electron chi connectivity index (χ0n) is 23.8. The summed E-state index contributed by atoms with van der Waals surface area (Å²) in [5.41, 5.74) is 5.41. The van der Waals surface area contributed by atoms with E-state index < -0.39 is 8.07 Å². The van der Waals surface area contributed by atoms with Gasteiger partial charge in [-0.2, -0.15) is 10.2 Å². The van der Waals surface area contributed by atoms with Crippen molar-refractivity contribution in [3.05, 3.63) is 81.8 Å². The van der Waals surface area contributed by atoms with Gasteiger partial charge in [0.1, 0.15) is 13.3 Å². The molecule has 1 fully saturated rings. The molecule has 0 radical (unpaired) electrons. The highest BCUT2D eigenvalue weighted by molar-refractivity contribution is 6.76. The van der Waals surface area contributed by atoms with E-state index >= 15 is 0 Å². The third kappa shape index (κ3) is 6.96. The quantitative estimate of drug-likeness (QED) is 0.147. The van der Waals surface area contributed by atoms with Crippen LogP contribution < -0.4 is 10.1 Å². The Labute approximate surface area is 253 Å². The van der Waals surface area contributed by atoms with Crippen LogP contribution in [0.3, 0.4) is 0 Å². The van der Waals surface area contributed by atoms with E-state index in [1.165, 1.54) is 5.56 Å².